The maximum Gasteiger partial charge on any atom is 0.257 e. The lowest BCUT2D eigenvalue weighted by Crippen LogP contribution is -2.26. The highest BCUT2D eigenvalue weighted by molar-refractivity contribution is 6.10. The Labute approximate surface area is 197 Å². The van der Waals surface area contributed by atoms with Crippen molar-refractivity contribution in [3.05, 3.63) is 53.6 Å². The van der Waals surface area contributed by atoms with E-state index in [1.165, 1.54) is 4.68 Å². The fraction of sp³-hybridized carbons (Fsp3) is 0.280. The van der Waals surface area contributed by atoms with E-state index in [9.17, 15) is 4.79 Å². The zero-order valence-electron chi connectivity index (χ0n) is 19.7. The highest BCUT2D eigenvalue weighted by Crippen LogP contribution is 2.29. The molecule has 0 saturated heterocycles. The summed E-state index contributed by atoms with van der Waals surface area (Å²) in [5, 5.41) is 7.49. The van der Waals surface area contributed by atoms with Gasteiger partial charge in [-0.3, -0.25) is 4.79 Å². The van der Waals surface area contributed by atoms with Crippen LogP contribution in [-0.4, -0.2) is 47.5 Å². The molecule has 4 rings (SSSR count). The van der Waals surface area contributed by atoms with Gasteiger partial charge in [0, 0.05) is 6.54 Å². The van der Waals surface area contributed by atoms with Gasteiger partial charge in [-0.05, 0) is 48.2 Å². The second-order valence-corrected chi connectivity index (χ2v) is 8.25. The molecule has 0 bridgehead atoms. The van der Waals surface area contributed by atoms with Crippen molar-refractivity contribution in [1.82, 2.24) is 20.0 Å². The molecule has 3 N–H and O–H groups in total. The molecule has 34 heavy (non-hydrogen) atoms. The molecular weight excluding hydrogens is 432 g/mol. The number of carbonyl (C=O) groups excluding carboxylic acids is 1. The molecule has 0 radical (unpaired) electrons. The van der Waals surface area contributed by atoms with Crippen LogP contribution in [0.5, 0.6) is 11.5 Å². The van der Waals surface area contributed by atoms with Crippen molar-refractivity contribution in [2.75, 3.05) is 26.5 Å². The van der Waals surface area contributed by atoms with Crippen LogP contribution in [0.3, 0.4) is 0 Å². The Morgan fingerprint density at radius 2 is 1.82 bits per heavy atom. The van der Waals surface area contributed by atoms with Gasteiger partial charge in [-0.15, -0.1) is 0 Å². The molecule has 0 aliphatic rings. The molecule has 9 nitrogen and oxygen atoms in total. The van der Waals surface area contributed by atoms with Crippen molar-refractivity contribution >= 4 is 40.1 Å². The number of carbonyl (C=O) groups is 1. The second-order valence-electron chi connectivity index (χ2n) is 8.25. The lowest BCUT2D eigenvalue weighted by atomic mass is 10.1. The van der Waals surface area contributed by atoms with Crippen LogP contribution in [0.1, 0.15) is 36.2 Å². The summed E-state index contributed by atoms with van der Waals surface area (Å²) in [4.78, 5) is 22.5. The first-order valence-electron chi connectivity index (χ1n) is 11.0. The van der Waals surface area contributed by atoms with E-state index < -0.39 is 0 Å². The van der Waals surface area contributed by atoms with Gasteiger partial charge in [-0.25, -0.2) is 9.97 Å². The van der Waals surface area contributed by atoms with Crippen LogP contribution in [0.4, 0.5) is 5.82 Å². The van der Waals surface area contributed by atoms with E-state index in [1.807, 2.05) is 30.3 Å². The summed E-state index contributed by atoms with van der Waals surface area (Å²) in [5.74, 6) is 1.53. The number of benzene rings is 2. The summed E-state index contributed by atoms with van der Waals surface area (Å²) in [5.41, 5.74) is 9.63. The molecule has 2 aromatic carbocycles. The van der Waals surface area contributed by atoms with Gasteiger partial charge in [0.15, 0.2) is 17.1 Å². The van der Waals surface area contributed by atoms with Gasteiger partial charge in [-0.1, -0.05) is 26.0 Å². The molecule has 0 aliphatic carbocycles. The molecule has 0 spiro atoms. The summed E-state index contributed by atoms with van der Waals surface area (Å²) in [6.45, 7) is 4.75. The van der Waals surface area contributed by atoms with Crippen LogP contribution in [0.2, 0.25) is 0 Å². The number of nitrogens with zero attached hydrogens (tertiary/aromatic N) is 4. The second kappa shape index (κ2) is 9.78. The topological polar surface area (TPSA) is 117 Å². The Kier molecular flexibility index (Phi) is 6.62. The van der Waals surface area contributed by atoms with Gasteiger partial charge in [0.1, 0.15) is 16.9 Å². The fourth-order valence-corrected chi connectivity index (χ4v) is 3.61. The maximum absolute atomic E-state index is 13.1. The van der Waals surface area contributed by atoms with Crippen LogP contribution in [-0.2, 0) is 0 Å². The van der Waals surface area contributed by atoms with Crippen molar-refractivity contribution in [1.29, 1.82) is 0 Å². The van der Waals surface area contributed by atoms with Gasteiger partial charge in [0.05, 0.1) is 31.5 Å². The molecule has 0 fully saturated rings. The smallest absolute Gasteiger partial charge is 0.257 e. The number of hydrogen-bond donors (Lipinski definition) is 2. The molecule has 1 amide bonds. The number of ether oxygens (including phenoxy) is 2. The van der Waals surface area contributed by atoms with Crippen LogP contribution in [0.15, 0.2) is 47.6 Å². The molecule has 9 heteroatoms. The molecular formula is C25H28N6O3. The van der Waals surface area contributed by atoms with E-state index in [1.54, 1.807) is 32.6 Å². The summed E-state index contributed by atoms with van der Waals surface area (Å²) in [7, 11) is 3.15. The van der Waals surface area contributed by atoms with Crippen molar-refractivity contribution < 1.29 is 14.3 Å². The van der Waals surface area contributed by atoms with Gasteiger partial charge in [0.25, 0.3) is 5.91 Å². The van der Waals surface area contributed by atoms with Gasteiger partial charge < -0.3 is 20.5 Å². The van der Waals surface area contributed by atoms with Gasteiger partial charge in [-0.2, -0.15) is 9.78 Å². The highest BCUT2D eigenvalue weighted by Gasteiger charge is 2.24. The van der Waals surface area contributed by atoms with E-state index in [2.05, 4.69) is 24.3 Å². The number of hydrogen-bond acceptors (Lipinski definition) is 7. The standard InChI is InChI=1S/C25H28N6O3/c1-15(2)11-12-27-25(32)21-22-24(30-18-8-6-5-7-17(18)29-22)31(23(21)26)28-14-16-9-10-19(33-3)20(13-16)34-4/h5-10,13-15H,11-12,26H2,1-4H3,(H,27,32)/b28-14-. The monoisotopic (exact) mass is 460 g/mol. The first-order chi connectivity index (χ1) is 16.4. The number of nitrogens with one attached hydrogen (secondary N) is 1. The molecule has 4 aromatic rings. The number of anilines is 1. The van der Waals surface area contributed by atoms with Crippen molar-refractivity contribution in [2.24, 2.45) is 11.0 Å². The van der Waals surface area contributed by atoms with Crippen molar-refractivity contribution in [2.45, 2.75) is 20.3 Å². The number of nitrogen functional groups attached to an aromatic ring is 1. The lowest BCUT2D eigenvalue weighted by molar-refractivity contribution is 0.0954. The first kappa shape index (κ1) is 23.0. The Balaban J connectivity index is 1.81. The third-order valence-electron chi connectivity index (χ3n) is 5.44. The van der Waals surface area contributed by atoms with E-state index in [4.69, 9.17) is 25.2 Å². The average molecular weight is 461 g/mol. The normalized spacial score (nSPS) is 11.6. The minimum Gasteiger partial charge on any atom is -0.493 e. The molecule has 0 atom stereocenters. The third kappa shape index (κ3) is 4.50. The number of rotatable bonds is 8. The number of aromatic nitrogens is 3. The van der Waals surface area contributed by atoms with E-state index >= 15 is 0 Å². The van der Waals surface area contributed by atoms with Crippen LogP contribution in [0.25, 0.3) is 22.2 Å². The largest absolute Gasteiger partial charge is 0.493 e. The number of amides is 1. The maximum atomic E-state index is 13.1. The van der Waals surface area contributed by atoms with Crippen LogP contribution in [0, 0.1) is 5.92 Å². The Hall–Kier alpha value is -4.14. The van der Waals surface area contributed by atoms with E-state index in [-0.39, 0.29) is 17.3 Å². The van der Waals surface area contributed by atoms with Crippen molar-refractivity contribution in [3.63, 3.8) is 0 Å². The minimum absolute atomic E-state index is 0.170. The first-order valence-corrected chi connectivity index (χ1v) is 11.0. The summed E-state index contributed by atoms with van der Waals surface area (Å²) in [6.07, 6.45) is 2.48. The Bertz CT molecular complexity index is 1380. The quantitative estimate of drug-likeness (QED) is 0.386. The third-order valence-corrected chi connectivity index (χ3v) is 5.44. The zero-order chi connectivity index (χ0) is 24.2. The Morgan fingerprint density at radius 3 is 2.50 bits per heavy atom. The SMILES string of the molecule is COc1ccc(/C=N\n2c(N)c(C(=O)NCCC(C)C)c3nc4ccccc4nc32)cc1OC. The zero-order valence-corrected chi connectivity index (χ0v) is 19.7. The van der Waals surface area contributed by atoms with Crippen molar-refractivity contribution in [3.8, 4) is 11.5 Å². The summed E-state index contributed by atoms with van der Waals surface area (Å²) < 4.78 is 12.1. The van der Waals surface area contributed by atoms with E-state index in [0.717, 1.165) is 12.0 Å². The molecule has 176 valence electrons. The predicted molar refractivity (Wildman–Crippen MR) is 134 cm³/mol. The molecule has 0 aliphatic heterocycles. The van der Waals surface area contributed by atoms with Crippen LogP contribution >= 0.6 is 0 Å². The van der Waals surface area contributed by atoms with Crippen LogP contribution < -0.4 is 20.5 Å². The molecule has 2 aromatic heterocycles. The highest BCUT2D eigenvalue weighted by atomic mass is 16.5. The number of methoxy groups -OCH3 is 2. The summed E-state index contributed by atoms with van der Waals surface area (Å²) >= 11 is 0. The van der Waals surface area contributed by atoms with E-state index in [0.29, 0.717) is 46.2 Å². The van der Waals surface area contributed by atoms with Gasteiger partial charge in [0.2, 0.25) is 0 Å². The Morgan fingerprint density at radius 1 is 1.12 bits per heavy atom. The molecule has 0 saturated carbocycles. The average Bonchev–Trinajstić information content (AvgIpc) is 3.10. The molecule has 0 unspecified atom stereocenters. The molecule has 2 heterocycles. The number of para-hydroxylation sites is 2. The minimum atomic E-state index is -0.298. The lowest BCUT2D eigenvalue weighted by Gasteiger charge is -2.08. The number of fused-ring (bicyclic) bond motifs is 2. The van der Waals surface area contributed by atoms with Gasteiger partial charge >= 0.3 is 0 Å². The summed E-state index contributed by atoms with van der Waals surface area (Å²) in [6, 6.07) is 12.9. The number of nitrogens with two attached hydrogens (primary N) is 1. The predicted octanol–water partition coefficient (Wildman–Crippen LogP) is 3.84. The fourth-order valence-electron chi connectivity index (χ4n) is 3.61.